The van der Waals surface area contributed by atoms with Crippen LogP contribution in [0.5, 0.6) is 0 Å². The van der Waals surface area contributed by atoms with Gasteiger partial charge in [0.05, 0.1) is 17.8 Å². The zero-order valence-electron chi connectivity index (χ0n) is 14.3. The summed E-state index contributed by atoms with van der Waals surface area (Å²) in [5.41, 5.74) is 5.19. The highest BCUT2D eigenvalue weighted by Gasteiger charge is 2.39. The first-order valence-corrected chi connectivity index (χ1v) is 8.44. The lowest BCUT2D eigenvalue weighted by Gasteiger charge is -2.27. The number of pyridine rings is 1. The molecule has 0 saturated carbocycles. The van der Waals surface area contributed by atoms with Crippen molar-refractivity contribution in [3.05, 3.63) is 46.7 Å². The van der Waals surface area contributed by atoms with Gasteiger partial charge < -0.3 is 15.4 Å². The van der Waals surface area contributed by atoms with Crippen LogP contribution in [0, 0.1) is 11.6 Å². The minimum atomic E-state index is -0.907. The van der Waals surface area contributed by atoms with Gasteiger partial charge in [-0.3, -0.25) is 4.79 Å². The van der Waals surface area contributed by atoms with E-state index in [1.54, 1.807) is 11.8 Å². The van der Waals surface area contributed by atoms with E-state index >= 15 is 0 Å². The van der Waals surface area contributed by atoms with Crippen molar-refractivity contribution in [2.24, 2.45) is 5.73 Å². The summed E-state index contributed by atoms with van der Waals surface area (Å²) < 4.78 is 32.7. The molecule has 1 fully saturated rings. The summed E-state index contributed by atoms with van der Waals surface area (Å²) in [6, 6.07) is 2.96. The van der Waals surface area contributed by atoms with Crippen molar-refractivity contribution in [1.82, 2.24) is 4.98 Å². The average Bonchev–Trinajstić information content (AvgIpc) is 2.94. The number of benzene rings is 1. The van der Waals surface area contributed by atoms with Gasteiger partial charge in [-0.25, -0.2) is 18.6 Å². The van der Waals surface area contributed by atoms with Gasteiger partial charge in [0.1, 0.15) is 22.4 Å². The maximum atomic E-state index is 13.7. The molecular weight excluding hydrogens is 380 g/mol. The van der Waals surface area contributed by atoms with Gasteiger partial charge in [0.2, 0.25) is 0 Å². The van der Waals surface area contributed by atoms with Crippen molar-refractivity contribution in [3.8, 4) is 11.1 Å². The second-order valence-corrected chi connectivity index (χ2v) is 6.90. The molecule has 1 aliphatic heterocycles. The molecule has 142 valence electrons. The highest BCUT2D eigenvalue weighted by molar-refractivity contribution is 6.33. The van der Waals surface area contributed by atoms with Crippen LogP contribution < -0.4 is 10.6 Å². The maximum Gasteiger partial charge on any atom is 0.405 e. The van der Waals surface area contributed by atoms with E-state index < -0.39 is 23.3 Å². The Hall–Kier alpha value is -2.74. The molecule has 0 unspecified atom stereocenters. The van der Waals surface area contributed by atoms with Gasteiger partial charge in [-0.05, 0) is 24.6 Å². The number of aromatic nitrogens is 1. The molecule has 1 saturated heterocycles. The fourth-order valence-electron chi connectivity index (χ4n) is 3.33. The zero-order chi connectivity index (χ0) is 19.8. The van der Waals surface area contributed by atoms with Crippen LogP contribution in [0.25, 0.3) is 11.1 Å². The molecule has 27 heavy (non-hydrogen) atoms. The zero-order valence-corrected chi connectivity index (χ0v) is 15.1. The van der Waals surface area contributed by atoms with E-state index in [4.69, 9.17) is 22.1 Å². The lowest BCUT2D eigenvalue weighted by atomic mass is 10.0. The summed E-state index contributed by atoms with van der Waals surface area (Å²) in [7, 11) is 0. The number of ether oxygens (including phenoxy) is 1. The third kappa shape index (κ3) is 3.85. The number of hydrogen-bond donors (Lipinski definition) is 1. The molecule has 1 aliphatic rings. The second-order valence-electron chi connectivity index (χ2n) is 6.55. The van der Waals surface area contributed by atoms with Crippen LogP contribution in [-0.2, 0) is 4.74 Å². The van der Waals surface area contributed by atoms with Crippen LogP contribution in [0.3, 0.4) is 0 Å². The number of aldehydes is 1. The summed E-state index contributed by atoms with van der Waals surface area (Å²) >= 11 is 6.23. The van der Waals surface area contributed by atoms with Gasteiger partial charge in [0.25, 0.3) is 0 Å². The predicted molar refractivity (Wildman–Crippen MR) is 95.9 cm³/mol. The molecular formula is C18H16ClF2N3O3. The number of nitrogens with zero attached hydrogens (tertiary/aromatic N) is 2. The van der Waals surface area contributed by atoms with Gasteiger partial charge in [0.15, 0.2) is 6.29 Å². The Labute approximate surface area is 158 Å². The first kappa shape index (κ1) is 19.0. The Morgan fingerprint density at radius 2 is 2.04 bits per heavy atom. The molecule has 9 heteroatoms. The molecule has 2 heterocycles. The largest absolute Gasteiger partial charge is 0.441 e. The van der Waals surface area contributed by atoms with Crippen LogP contribution in [-0.4, -0.2) is 36.1 Å². The van der Waals surface area contributed by atoms with Crippen LogP contribution in [0.15, 0.2) is 24.4 Å². The number of rotatable bonds is 4. The fourth-order valence-corrected chi connectivity index (χ4v) is 3.57. The van der Waals surface area contributed by atoms with E-state index in [2.05, 4.69) is 4.98 Å². The first-order valence-electron chi connectivity index (χ1n) is 8.06. The number of hydrogen-bond acceptors (Lipinski definition) is 5. The standard InChI is InChI=1S/C18H16ClF2N3O3/c1-18(27-17(22)26)2-3-24(9-18)15-11(8-25)7-23-16(19)14(15)10-4-12(20)6-13(21)5-10/h4-8H,2-3,9H2,1H3,(H2,22,26)/t18-/m0/s1. The van der Waals surface area contributed by atoms with Crippen molar-refractivity contribution in [1.29, 1.82) is 0 Å². The summed E-state index contributed by atoms with van der Waals surface area (Å²) in [4.78, 5) is 28.5. The van der Waals surface area contributed by atoms with Crippen molar-refractivity contribution in [2.45, 2.75) is 18.9 Å². The summed E-state index contributed by atoms with van der Waals surface area (Å²) in [5, 5.41) is -0.00924. The van der Waals surface area contributed by atoms with E-state index in [1.807, 2.05) is 0 Å². The Morgan fingerprint density at radius 3 is 2.63 bits per heavy atom. The third-order valence-electron chi connectivity index (χ3n) is 4.41. The van der Waals surface area contributed by atoms with Crippen LogP contribution in [0.1, 0.15) is 23.7 Å². The van der Waals surface area contributed by atoms with Crippen molar-refractivity contribution in [3.63, 3.8) is 0 Å². The molecule has 2 N–H and O–H groups in total. The highest BCUT2D eigenvalue weighted by atomic mass is 35.5. The lowest BCUT2D eigenvalue weighted by molar-refractivity contribution is 0.0480. The molecule has 0 aliphatic carbocycles. The number of carbonyl (C=O) groups is 2. The Morgan fingerprint density at radius 1 is 1.37 bits per heavy atom. The molecule has 1 aromatic heterocycles. The van der Waals surface area contributed by atoms with E-state index in [-0.39, 0.29) is 28.4 Å². The van der Waals surface area contributed by atoms with Crippen LogP contribution in [0.2, 0.25) is 5.15 Å². The normalized spacial score (nSPS) is 19.2. The van der Waals surface area contributed by atoms with E-state index in [1.165, 1.54) is 6.20 Å². The summed E-state index contributed by atoms with van der Waals surface area (Å²) in [6.45, 7) is 2.35. The highest BCUT2D eigenvalue weighted by Crippen LogP contribution is 2.41. The van der Waals surface area contributed by atoms with Crippen LogP contribution in [0.4, 0.5) is 19.3 Å². The van der Waals surface area contributed by atoms with Crippen molar-refractivity contribution < 1.29 is 23.1 Å². The van der Waals surface area contributed by atoms with Crippen LogP contribution >= 0.6 is 11.6 Å². The summed E-state index contributed by atoms with van der Waals surface area (Å²) in [6.07, 6.45) is 1.41. The maximum absolute atomic E-state index is 13.7. The number of amides is 1. The molecule has 6 nitrogen and oxygen atoms in total. The average molecular weight is 396 g/mol. The Balaban J connectivity index is 2.14. The van der Waals surface area contributed by atoms with Gasteiger partial charge in [-0.2, -0.15) is 0 Å². The SMILES string of the molecule is C[C@]1(OC(N)=O)CCN(c2c(C=O)cnc(Cl)c2-c2cc(F)cc(F)c2)C1. The first-order chi connectivity index (χ1) is 12.7. The van der Waals surface area contributed by atoms with Gasteiger partial charge in [-0.15, -0.1) is 0 Å². The lowest BCUT2D eigenvalue weighted by Crippen LogP contribution is -2.37. The monoisotopic (exact) mass is 395 g/mol. The Bertz CT molecular complexity index is 905. The molecule has 1 atom stereocenters. The fraction of sp³-hybridized carbons (Fsp3) is 0.278. The molecule has 3 rings (SSSR count). The second kappa shape index (κ2) is 7.11. The van der Waals surface area contributed by atoms with Gasteiger partial charge in [-0.1, -0.05) is 11.6 Å². The molecule has 2 aromatic rings. The third-order valence-corrected chi connectivity index (χ3v) is 4.70. The molecule has 0 spiro atoms. The minimum absolute atomic E-state index is 0.00924. The smallest absolute Gasteiger partial charge is 0.405 e. The number of nitrogens with two attached hydrogens (primary N) is 1. The molecule has 1 aromatic carbocycles. The van der Waals surface area contributed by atoms with Gasteiger partial charge in [0, 0.05) is 30.8 Å². The quantitative estimate of drug-likeness (QED) is 0.632. The number of halogens is 3. The van der Waals surface area contributed by atoms with E-state index in [0.29, 0.717) is 24.9 Å². The van der Waals surface area contributed by atoms with E-state index in [9.17, 15) is 18.4 Å². The van der Waals surface area contributed by atoms with E-state index in [0.717, 1.165) is 18.2 Å². The van der Waals surface area contributed by atoms with Crippen molar-refractivity contribution in [2.75, 3.05) is 18.0 Å². The Kier molecular flexibility index (Phi) is 5.01. The predicted octanol–water partition coefficient (Wildman–Crippen LogP) is 3.56. The molecule has 1 amide bonds. The topological polar surface area (TPSA) is 85.5 Å². The van der Waals surface area contributed by atoms with Crippen molar-refractivity contribution >= 4 is 29.7 Å². The minimum Gasteiger partial charge on any atom is -0.441 e. The van der Waals surface area contributed by atoms with Gasteiger partial charge >= 0.3 is 6.09 Å². The molecule has 0 bridgehead atoms. The summed E-state index contributed by atoms with van der Waals surface area (Å²) in [5.74, 6) is -1.57. The number of primary amides is 1. The molecule has 0 radical (unpaired) electrons. The number of carbonyl (C=O) groups excluding carboxylic acids is 2. The number of anilines is 1.